The molecule has 0 saturated carbocycles. The predicted octanol–water partition coefficient (Wildman–Crippen LogP) is 2.66. The van der Waals surface area contributed by atoms with Gasteiger partial charge in [0.05, 0.1) is 17.8 Å². The molecule has 8 nitrogen and oxygen atoms in total. The zero-order valence-electron chi connectivity index (χ0n) is 16.9. The quantitative estimate of drug-likeness (QED) is 0.711. The molecule has 2 aromatic rings. The van der Waals surface area contributed by atoms with Gasteiger partial charge in [-0.15, -0.1) is 0 Å². The topological polar surface area (TPSA) is 99.5 Å². The van der Waals surface area contributed by atoms with Gasteiger partial charge in [0.2, 0.25) is 11.9 Å². The number of hydrogen-bond donors (Lipinski definition) is 1. The van der Waals surface area contributed by atoms with E-state index >= 15 is 0 Å². The summed E-state index contributed by atoms with van der Waals surface area (Å²) in [4.78, 5) is 38.1. The Balaban J connectivity index is 0.000000360. The standard InChI is InChI=1S/C18H20FN5O.C2HF3O2/c19-15-10-21-17(22-11-15)24-8-1-4-18(13-24)5-9-23(16(18)25)12-14-2-6-20-7-3-14;3-2(4,5)1(6)7/h2-3,6-7,10-11H,1,4-5,8-9,12-13H2;(H,6,7). The molecular weight excluding hydrogens is 434 g/mol. The maximum atomic E-state index is 13.1. The molecule has 4 rings (SSSR count). The molecule has 172 valence electrons. The third-order valence-electron chi connectivity index (χ3n) is 5.43. The Morgan fingerprint density at radius 1 is 1.12 bits per heavy atom. The maximum absolute atomic E-state index is 13.1. The molecule has 0 aromatic carbocycles. The first kappa shape index (κ1) is 23.4. The number of carbonyl (C=O) groups is 2. The molecule has 2 saturated heterocycles. The molecule has 0 aliphatic carbocycles. The van der Waals surface area contributed by atoms with E-state index < -0.39 is 18.0 Å². The van der Waals surface area contributed by atoms with Crippen LogP contribution in [0, 0.1) is 11.2 Å². The highest BCUT2D eigenvalue weighted by atomic mass is 19.4. The van der Waals surface area contributed by atoms with Crippen LogP contribution in [0.25, 0.3) is 0 Å². The molecular formula is C20H21F4N5O3. The fourth-order valence-corrected chi connectivity index (χ4v) is 3.90. The number of amides is 1. The van der Waals surface area contributed by atoms with Gasteiger partial charge in [-0.1, -0.05) is 0 Å². The van der Waals surface area contributed by atoms with E-state index in [4.69, 9.17) is 9.90 Å². The lowest BCUT2D eigenvalue weighted by molar-refractivity contribution is -0.192. The van der Waals surface area contributed by atoms with Crippen LogP contribution < -0.4 is 4.90 Å². The Morgan fingerprint density at radius 2 is 1.75 bits per heavy atom. The van der Waals surface area contributed by atoms with E-state index in [-0.39, 0.29) is 11.3 Å². The van der Waals surface area contributed by atoms with Crippen LogP contribution in [-0.4, -0.2) is 62.6 Å². The molecule has 2 aliphatic rings. The minimum atomic E-state index is -5.08. The lowest BCUT2D eigenvalue weighted by atomic mass is 9.78. The Bertz CT molecular complexity index is 943. The molecule has 0 radical (unpaired) electrons. The third kappa shape index (κ3) is 5.48. The number of piperidine rings is 1. The number of pyridine rings is 1. The van der Waals surface area contributed by atoms with E-state index in [0.717, 1.165) is 37.9 Å². The van der Waals surface area contributed by atoms with Crippen molar-refractivity contribution in [3.63, 3.8) is 0 Å². The van der Waals surface area contributed by atoms with Crippen molar-refractivity contribution in [3.05, 3.63) is 48.3 Å². The molecule has 1 atom stereocenters. The number of nitrogens with zero attached hydrogens (tertiary/aromatic N) is 5. The molecule has 32 heavy (non-hydrogen) atoms. The molecule has 1 N–H and O–H groups in total. The van der Waals surface area contributed by atoms with Gasteiger partial charge in [0.25, 0.3) is 0 Å². The molecule has 0 bridgehead atoms. The van der Waals surface area contributed by atoms with Gasteiger partial charge in [-0.05, 0) is 37.0 Å². The Labute approximate surface area is 180 Å². The molecule has 12 heteroatoms. The number of carboxylic acids is 1. The van der Waals surface area contributed by atoms with Crippen LogP contribution >= 0.6 is 0 Å². The number of alkyl halides is 3. The van der Waals surface area contributed by atoms with Gasteiger partial charge in [0, 0.05) is 38.6 Å². The zero-order valence-corrected chi connectivity index (χ0v) is 16.9. The van der Waals surface area contributed by atoms with Crippen molar-refractivity contribution < 1.29 is 32.3 Å². The largest absolute Gasteiger partial charge is 0.490 e. The summed E-state index contributed by atoms with van der Waals surface area (Å²) in [6.45, 7) is 2.78. The van der Waals surface area contributed by atoms with Crippen LogP contribution in [0.4, 0.5) is 23.5 Å². The molecule has 2 fully saturated rings. The van der Waals surface area contributed by atoms with Crippen molar-refractivity contribution in [2.45, 2.75) is 32.0 Å². The minimum absolute atomic E-state index is 0.205. The van der Waals surface area contributed by atoms with Crippen LogP contribution in [0.2, 0.25) is 0 Å². The van der Waals surface area contributed by atoms with E-state index in [1.807, 2.05) is 21.9 Å². The first-order chi connectivity index (χ1) is 15.1. The predicted molar refractivity (Wildman–Crippen MR) is 104 cm³/mol. The highest BCUT2D eigenvalue weighted by Crippen LogP contribution is 2.41. The number of halogens is 4. The second-order valence-corrected chi connectivity index (χ2v) is 7.64. The van der Waals surface area contributed by atoms with Gasteiger partial charge >= 0.3 is 12.1 Å². The smallest absolute Gasteiger partial charge is 0.475 e. The fraction of sp³-hybridized carbons (Fsp3) is 0.450. The maximum Gasteiger partial charge on any atom is 0.490 e. The average Bonchev–Trinajstić information content (AvgIpc) is 3.04. The lowest BCUT2D eigenvalue weighted by Crippen LogP contribution is -2.48. The van der Waals surface area contributed by atoms with E-state index in [0.29, 0.717) is 19.0 Å². The van der Waals surface area contributed by atoms with Gasteiger partial charge < -0.3 is 14.9 Å². The Hall–Kier alpha value is -3.31. The Kier molecular flexibility index (Phi) is 6.90. The molecule has 2 aromatic heterocycles. The van der Waals surface area contributed by atoms with Crippen molar-refractivity contribution in [3.8, 4) is 0 Å². The molecule has 1 spiro atoms. The van der Waals surface area contributed by atoms with Crippen molar-refractivity contribution >= 4 is 17.8 Å². The Morgan fingerprint density at radius 3 is 2.34 bits per heavy atom. The van der Waals surface area contributed by atoms with Gasteiger partial charge in [0.15, 0.2) is 5.82 Å². The summed E-state index contributed by atoms with van der Waals surface area (Å²) < 4.78 is 44.8. The van der Waals surface area contributed by atoms with Crippen molar-refractivity contribution in [1.29, 1.82) is 0 Å². The summed E-state index contributed by atoms with van der Waals surface area (Å²) in [6, 6.07) is 3.88. The van der Waals surface area contributed by atoms with E-state index in [1.165, 1.54) is 12.4 Å². The normalized spacial score (nSPS) is 20.8. The number of carboxylic acid groups (broad SMARTS) is 1. The SMILES string of the molecule is O=C(O)C(F)(F)F.O=C1N(Cc2ccncc2)CCC12CCCN(c1ncc(F)cn1)C2. The summed E-state index contributed by atoms with van der Waals surface area (Å²) in [5.41, 5.74) is 0.721. The number of anilines is 1. The molecule has 1 amide bonds. The summed E-state index contributed by atoms with van der Waals surface area (Å²) in [7, 11) is 0. The summed E-state index contributed by atoms with van der Waals surface area (Å²) in [5.74, 6) is -2.50. The number of carbonyl (C=O) groups excluding carboxylic acids is 1. The lowest BCUT2D eigenvalue weighted by Gasteiger charge is -2.39. The summed E-state index contributed by atoms with van der Waals surface area (Å²) in [5, 5.41) is 7.12. The fourth-order valence-electron chi connectivity index (χ4n) is 3.90. The van der Waals surface area contributed by atoms with Crippen molar-refractivity contribution in [2.24, 2.45) is 5.41 Å². The minimum Gasteiger partial charge on any atom is -0.475 e. The average molecular weight is 455 g/mol. The number of aromatic nitrogens is 3. The van der Waals surface area contributed by atoms with Crippen LogP contribution in [0.3, 0.4) is 0 Å². The second kappa shape index (κ2) is 9.45. The molecule has 2 aliphatic heterocycles. The number of hydrogen-bond acceptors (Lipinski definition) is 6. The monoisotopic (exact) mass is 455 g/mol. The summed E-state index contributed by atoms with van der Waals surface area (Å²) >= 11 is 0. The third-order valence-corrected chi connectivity index (χ3v) is 5.43. The van der Waals surface area contributed by atoms with Crippen LogP contribution in [-0.2, 0) is 16.1 Å². The first-order valence-electron chi connectivity index (χ1n) is 9.82. The van der Waals surface area contributed by atoms with Gasteiger partial charge in [0.1, 0.15) is 0 Å². The van der Waals surface area contributed by atoms with E-state index in [2.05, 4.69) is 15.0 Å². The first-order valence-corrected chi connectivity index (χ1v) is 9.82. The van der Waals surface area contributed by atoms with Gasteiger partial charge in [-0.2, -0.15) is 13.2 Å². The zero-order chi connectivity index (χ0) is 23.4. The summed E-state index contributed by atoms with van der Waals surface area (Å²) in [6.07, 6.45) is 3.41. The highest BCUT2D eigenvalue weighted by Gasteiger charge is 2.49. The van der Waals surface area contributed by atoms with Crippen LogP contribution in [0.5, 0.6) is 0 Å². The van der Waals surface area contributed by atoms with Crippen molar-refractivity contribution in [1.82, 2.24) is 19.9 Å². The number of likely N-dealkylation sites (tertiary alicyclic amines) is 1. The van der Waals surface area contributed by atoms with E-state index in [1.54, 1.807) is 12.4 Å². The van der Waals surface area contributed by atoms with Crippen LogP contribution in [0.1, 0.15) is 24.8 Å². The van der Waals surface area contributed by atoms with Crippen molar-refractivity contribution in [2.75, 3.05) is 24.5 Å². The van der Waals surface area contributed by atoms with E-state index in [9.17, 15) is 22.4 Å². The molecule has 1 unspecified atom stereocenters. The molecule has 4 heterocycles. The number of aliphatic carboxylic acids is 1. The van der Waals surface area contributed by atoms with Crippen LogP contribution in [0.15, 0.2) is 36.9 Å². The van der Waals surface area contributed by atoms with Gasteiger partial charge in [-0.3, -0.25) is 9.78 Å². The second-order valence-electron chi connectivity index (χ2n) is 7.64. The highest BCUT2D eigenvalue weighted by molar-refractivity contribution is 5.85. The van der Waals surface area contributed by atoms with Gasteiger partial charge in [-0.25, -0.2) is 19.2 Å². The number of rotatable bonds is 3.